The van der Waals surface area contributed by atoms with Crippen molar-refractivity contribution in [3.05, 3.63) is 0 Å². The summed E-state index contributed by atoms with van der Waals surface area (Å²) in [4.78, 5) is 12.8. The highest BCUT2D eigenvalue weighted by Crippen LogP contribution is 2.32. The highest BCUT2D eigenvalue weighted by Gasteiger charge is 2.38. The first-order valence-electron chi connectivity index (χ1n) is 5.74. The predicted octanol–water partition coefficient (Wildman–Crippen LogP) is 2.58. The second kappa shape index (κ2) is 4.24. The van der Waals surface area contributed by atoms with Crippen molar-refractivity contribution in [3.63, 3.8) is 0 Å². The van der Waals surface area contributed by atoms with Gasteiger partial charge in [-0.1, -0.05) is 20.8 Å². The Morgan fingerprint density at radius 1 is 1.38 bits per heavy atom. The van der Waals surface area contributed by atoms with Gasteiger partial charge in [0, 0.05) is 5.54 Å². The molecule has 0 spiro atoms. The largest absolute Gasteiger partial charge is 0.465 e. The van der Waals surface area contributed by atoms with Gasteiger partial charge in [-0.2, -0.15) is 0 Å². The molecule has 0 saturated carbocycles. The van der Waals surface area contributed by atoms with E-state index in [0.29, 0.717) is 13.2 Å². The van der Waals surface area contributed by atoms with Crippen LogP contribution in [0.3, 0.4) is 0 Å². The van der Waals surface area contributed by atoms with Crippen LogP contribution >= 0.6 is 0 Å². The molecule has 94 valence electrons. The zero-order valence-electron chi connectivity index (χ0n) is 10.9. The first kappa shape index (κ1) is 13.3. The summed E-state index contributed by atoms with van der Waals surface area (Å²) < 4.78 is 5.11. The summed E-state index contributed by atoms with van der Waals surface area (Å²) in [6.45, 7) is 11.5. The molecule has 0 bridgehead atoms. The van der Waals surface area contributed by atoms with Crippen LogP contribution in [0.4, 0.5) is 4.79 Å². The Labute approximate surface area is 97.6 Å². The van der Waals surface area contributed by atoms with Gasteiger partial charge in [0.15, 0.2) is 0 Å². The zero-order valence-corrected chi connectivity index (χ0v) is 10.9. The second-order valence-corrected chi connectivity index (χ2v) is 6.40. The van der Waals surface area contributed by atoms with E-state index in [1.54, 1.807) is 0 Å². The molecule has 1 saturated heterocycles. The molecule has 16 heavy (non-hydrogen) atoms. The third-order valence-corrected chi connectivity index (χ3v) is 2.71. The number of hydrogen-bond donors (Lipinski definition) is 1. The molecule has 1 fully saturated rings. The molecule has 4 heteroatoms. The molecule has 1 aliphatic rings. The van der Waals surface area contributed by atoms with E-state index >= 15 is 0 Å². The van der Waals surface area contributed by atoms with Gasteiger partial charge in [-0.25, -0.2) is 4.79 Å². The lowest BCUT2D eigenvalue weighted by Gasteiger charge is -2.40. The highest BCUT2D eigenvalue weighted by atomic mass is 16.6. The van der Waals surface area contributed by atoms with Crippen molar-refractivity contribution in [1.29, 1.82) is 0 Å². The van der Waals surface area contributed by atoms with E-state index < -0.39 is 6.09 Å². The lowest BCUT2D eigenvalue weighted by molar-refractivity contribution is 0.0638. The minimum absolute atomic E-state index is 0.107. The van der Waals surface area contributed by atoms with Gasteiger partial charge < -0.3 is 14.7 Å². The molecule has 0 aromatic rings. The average molecular weight is 229 g/mol. The molecule has 1 amide bonds. The Kier molecular flexibility index (Phi) is 3.53. The number of amides is 1. The maximum absolute atomic E-state index is 11.3. The van der Waals surface area contributed by atoms with Gasteiger partial charge in [0.1, 0.15) is 0 Å². The molecule has 1 rings (SSSR count). The van der Waals surface area contributed by atoms with Crippen LogP contribution in [0.1, 0.15) is 41.0 Å². The van der Waals surface area contributed by atoms with Crippen molar-refractivity contribution in [1.82, 2.24) is 4.90 Å². The summed E-state index contributed by atoms with van der Waals surface area (Å²) in [6, 6.07) is 0. The summed E-state index contributed by atoms with van der Waals surface area (Å²) in [7, 11) is 0. The van der Waals surface area contributed by atoms with E-state index in [9.17, 15) is 9.90 Å². The molecule has 0 aliphatic carbocycles. The summed E-state index contributed by atoms with van der Waals surface area (Å²) in [5, 5.41) is 9.25. The van der Waals surface area contributed by atoms with Gasteiger partial charge in [0.2, 0.25) is 0 Å². The number of epoxide rings is 1. The van der Waals surface area contributed by atoms with Crippen LogP contribution in [0.5, 0.6) is 0 Å². The standard InChI is InChI=1S/C12H23NO3/c1-11(2,3)8-12(4,5)13(10(14)15)6-9-7-16-9/h9H,6-8H2,1-5H3,(H,14,15). The molecule has 1 N–H and O–H groups in total. The first-order chi connectivity index (χ1) is 7.12. The van der Waals surface area contributed by atoms with Crippen molar-refractivity contribution >= 4 is 6.09 Å². The number of carbonyl (C=O) groups is 1. The molecule has 1 atom stereocenters. The summed E-state index contributed by atoms with van der Waals surface area (Å²) in [5.74, 6) is 0. The molecule has 1 aliphatic heterocycles. The van der Waals surface area contributed by atoms with Crippen LogP contribution < -0.4 is 0 Å². The average Bonchev–Trinajstić information content (AvgIpc) is 2.76. The SMILES string of the molecule is CC(C)(C)CC(C)(C)N(CC1CO1)C(=O)O. The predicted molar refractivity (Wildman–Crippen MR) is 62.6 cm³/mol. The van der Waals surface area contributed by atoms with Crippen molar-refractivity contribution in [2.45, 2.75) is 52.7 Å². The molecule has 0 aromatic carbocycles. The second-order valence-electron chi connectivity index (χ2n) is 6.40. The summed E-state index contributed by atoms with van der Waals surface area (Å²) in [5.41, 5.74) is -0.238. The molecule has 1 heterocycles. The van der Waals surface area contributed by atoms with Crippen LogP contribution in [-0.4, -0.2) is 40.9 Å². The van der Waals surface area contributed by atoms with Gasteiger partial charge >= 0.3 is 6.09 Å². The van der Waals surface area contributed by atoms with E-state index in [2.05, 4.69) is 20.8 Å². The fourth-order valence-electron chi connectivity index (χ4n) is 2.35. The van der Waals surface area contributed by atoms with Gasteiger partial charge in [0.05, 0.1) is 19.3 Å². The molecule has 4 nitrogen and oxygen atoms in total. The number of rotatable bonds is 4. The van der Waals surface area contributed by atoms with Gasteiger partial charge in [-0.05, 0) is 25.7 Å². The fraction of sp³-hybridized carbons (Fsp3) is 0.917. The summed E-state index contributed by atoms with van der Waals surface area (Å²) >= 11 is 0. The van der Waals surface area contributed by atoms with Crippen molar-refractivity contribution < 1.29 is 14.6 Å². The Hall–Kier alpha value is -0.770. The summed E-state index contributed by atoms with van der Waals surface area (Å²) in [6.07, 6.45) is 0.0824. The van der Waals surface area contributed by atoms with Crippen LogP contribution in [0.15, 0.2) is 0 Å². The van der Waals surface area contributed by atoms with Crippen LogP contribution in [0.25, 0.3) is 0 Å². The lowest BCUT2D eigenvalue weighted by Crippen LogP contribution is -2.50. The smallest absolute Gasteiger partial charge is 0.407 e. The number of hydrogen-bond acceptors (Lipinski definition) is 2. The Bertz CT molecular complexity index is 264. The topological polar surface area (TPSA) is 53.1 Å². The lowest BCUT2D eigenvalue weighted by atomic mass is 9.81. The quantitative estimate of drug-likeness (QED) is 0.754. The Morgan fingerprint density at radius 2 is 1.88 bits per heavy atom. The van der Waals surface area contributed by atoms with E-state index in [4.69, 9.17) is 4.74 Å². The van der Waals surface area contributed by atoms with Crippen LogP contribution in [0.2, 0.25) is 0 Å². The normalized spacial score (nSPS) is 20.7. The molecular formula is C12H23NO3. The molecule has 0 radical (unpaired) electrons. The third-order valence-electron chi connectivity index (χ3n) is 2.71. The maximum Gasteiger partial charge on any atom is 0.407 e. The van der Waals surface area contributed by atoms with Gasteiger partial charge in [-0.3, -0.25) is 0 Å². The van der Waals surface area contributed by atoms with E-state index in [1.807, 2.05) is 13.8 Å². The Balaban J connectivity index is 2.69. The van der Waals surface area contributed by atoms with Crippen molar-refractivity contribution in [2.75, 3.05) is 13.2 Å². The third kappa shape index (κ3) is 4.00. The van der Waals surface area contributed by atoms with Gasteiger partial charge in [-0.15, -0.1) is 0 Å². The highest BCUT2D eigenvalue weighted by molar-refractivity contribution is 5.66. The number of ether oxygens (including phenoxy) is 1. The minimum atomic E-state index is -0.857. The molecule has 1 unspecified atom stereocenters. The zero-order chi connectivity index (χ0) is 12.6. The Morgan fingerprint density at radius 3 is 2.19 bits per heavy atom. The van der Waals surface area contributed by atoms with Crippen LogP contribution in [0, 0.1) is 5.41 Å². The molecular weight excluding hydrogens is 206 g/mol. The van der Waals surface area contributed by atoms with Crippen molar-refractivity contribution in [3.8, 4) is 0 Å². The number of nitrogens with zero attached hydrogens (tertiary/aromatic N) is 1. The fourth-order valence-corrected chi connectivity index (χ4v) is 2.35. The van der Waals surface area contributed by atoms with E-state index in [1.165, 1.54) is 4.90 Å². The number of carboxylic acid groups (broad SMARTS) is 1. The minimum Gasteiger partial charge on any atom is -0.465 e. The first-order valence-corrected chi connectivity index (χ1v) is 5.74. The van der Waals surface area contributed by atoms with Gasteiger partial charge in [0.25, 0.3) is 0 Å². The van der Waals surface area contributed by atoms with E-state index in [0.717, 1.165) is 6.42 Å². The maximum atomic E-state index is 11.3. The molecule has 0 aromatic heterocycles. The monoisotopic (exact) mass is 229 g/mol. The van der Waals surface area contributed by atoms with Crippen LogP contribution in [-0.2, 0) is 4.74 Å². The van der Waals surface area contributed by atoms with Crippen molar-refractivity contribution in [2.24, 2.45) is 5.41 Å². The van der Waals surface area contributed by atoms with E-state index in [-0.39, 0.29) is 17.1 Å².